The van der Waals surface area contributed by atoms with Gasteiger partial charge in [0.1, 0.15) is 17.5 Å². The zero-order chi connectivity index (χ0) is 18.5. The Morgan fingerprint density at radius 1 is 1.23 bits per heavy atom. The third-order valence-corrected chi connectivity index (χ3v) is 3.58. The highest BCUT2D eigenvalue weighted by molar-refractivity contribution is 6.10. The number of pyridine rings is 1. The fourth-order valence-corrected chi connectivity index (χ4v) is 2.38. The predicted molar refractivity (Wildman–Crippen MR) is 95.1 cm³/mol. The molecule has 0 aliphatic rings. The van der Waals surface area contributed by atoms with Gasteiger partial charge in [0.05, 0.1) is 5.69 Å². The molecule has 1 N–H and O–H groups in total. The SMILES string of the molecule is Cn1cc(C=C(C#N)C(=O)Nc2ccc(F)cc2)c(-c2ccncc2)n1. The van der Waals surface area contributed by atoms with E-state index in [1.54, 1.807) is 42.5 Å². The summed E-state index contributed by atoms with van der Waals surface area (Å²) in [4.78, 5) is 16.3. The first-order valence-electron chi connectivity index (χ1n) is 7.69. The molecular formula is C19H14FN5O. The van der Waals surface area contributed by atoms with Crippen molar-refractivity contribution in [2.24, 2.45) is 7.05 Å². The van der Waals surface area contributed by atoms with E-state index in [1.165, 1.54) is 30.3 Å². The number of anilines is 1. The van der Waals surface area contributed by atoms with E-state index in [0.717, 1.165) is 5.56 Å². The van der Waals surface area contributed by atoms with Gasteiger partial charge in [0.15, 0.2) is 0 Å². The maximum atomic E-state index is 13.0. The van der Waals surface area contributed by atoms with Gasteiger partial charge in [-0.25, -0.2) is 4.39 Å². The van der Waals surface area contributed by atoms with Crippen LogP contribution in [0, 0.1) is 17.1 Å². The van der Waals surface area contributed by atoms with Gasteiger partial charge in [-0.1, -0.05) is 0 Å². The van der Waals surface area contributed by atoms with Crippen LogP contribution >= 0.6 is 0 Å². The monoisotopic (exact) mass is 347 g/mol. The summed E-state index contributed by atoms with van der Waals surface area (Å²) in [7, 11) is 1.76. The molecule has 26 heavy (non-hydrogen) atoms. The molecule has 6 nitrogen and oxygen atoms in total. The zero-order valence-corrected chi connectivity index (χ0v) is 13.8. The van der Waals surface area contributed by atoms with Crippen molar-refractivity contribution in [3.63, 3.8) is 0 Å². The summed E-state index contributed by atoms with van der Waals surface area (Å²) in [5, 5.41) is 16.3. The van der Waals surface area contributed by atoms with Crippen molar-refractivity contribution < 1.29 is 9.18 Å². The highest BCUT2D eigenvalue weighted by Crippen LogP contribution is 2.23. The highest BCUT2D eigenvalue weighted by atomic mass is 19.1. The number of aromatic nitrogens is 3. The van der Waals surface area contributed by atoms with Crippen molar-refractivity contribution >= 4 is 17.7 Å². The molecule has 2 aromatic heterocycles. The van der Waals surface area contributed by atoms with Gasteiger partial charge in [-0.3, -0.25) is 14.5 Å². The van der Waals surface area contributed by atoms with Gasteiger partial charge in [0.25, 0.3) is 5.91 Å². The molecule has 3 aromatic rings. The van der Waals surface area contributed by atoms with Crippen LogP contribution in [0.3, 0.4) is 0 Å². The lowest BCUT2D eigenvalue weighted by molar-refractivity contribution is -0.112. The summed E-state index contributed by atoms with van der Waals surface area (Å²) in [6.07, 6.45) is 6.48. The number of benzene rings is 1. The maximum absolute atomic E-state index is 13.0. The number of nitriles is 1. The summed E-state index contributed by atoms with van der Waals surface area (Å²) >= 11 is 0. The van der Waals surface area contributed by atoms with E-state index in [0.29, 0.717) is 16.9 Å². The molecule has 0 bridgehead atoms. The van der Waals surface area contributed by atoms with Crippen LogP contribution in [-0.4, -0.2) is 20.7 Å². The lowest BCUT2D eigenvalue weighted by atomic mass is 10.1. The third kappa shape index (κ3) is 3.82. The minimum Gasteiger partial charge on any atom is -0.321 e. The molecule has 0 fully saturated rings. The van der Waals surface area contributed by atoms with Crippen LogP contribution in [0.5, 0.6) is 0 Å². The molecule has 1 amide bonds. The van der Waals surface area contributed by atoms with E-state index in [2.05, 4.69) is 15.4 Å². The number of amides is 1. The van der Waals surface area contributed by atoms with Gasteiger partial charge in [-0.15, -0.1) is 0 Å². The largest absolute Gasteiger partial charge is 0.321 e. The molecule has 0 spiro atoms. The van der Waals surface area contributed by atoms with Crippen molar-refractivity contribution in [3.05, 3.63) is 71.9 Å². The molecule has 128 valence electrons. The van der Waals surface area contributed by atoms with E-state index < -0.39 is 11.7 Å². The first-order chi connectivity index (χ1) is 12.6. The van der Waals surface area contributed by atoms with Gasteiger partial charge in [0.2, 0.25) is 0 Å². The summed E-state index contributed by atoms with van der Waals surface area (Å²) in [5.41, 5.74) is 2.40. The van der Waals surface area contributed by atoms with Crippen LogP contribution in [0.15, 0.2) is 60.6 Å². The van der Waals surface area contributed by atoms with Crippen molar-refractivity contribution in [2.75, 3.05) is 5.32 Å². The van der Waals surface area contributed by atoms with Gasteiger partial charge in [-0.05, 0) is 42.5 Å². The van der Waals surface area contributed by atoms with Crippen molar-refractivity contribution in [1.29, 1.82) is 5.26 Å². The van der Waals surface area contributed by atoms with Crippen LogP contribution in [0.1, 0.15) is 5.56 Å². The maximum Gasteiger partial charge on any atom is 0.266 e. The van der Waals surface area contributed by atoms with Crippen LogP contribution in [0.2, 0.25) is 0 Å². The van der Waals surface area contributed by atoms with E-state index in [-0.39, 0.29) is 5.57 Å². The number of hydrogen-bond acceptors (Lipinski definition) is 4. The Balaban J connectivity index is 1.91. The van der Waals surface area contributed by atoms with Crippen molar-refractivity contribution in [2.45, 2.75) is 0 Å². The minimum atomic E-state index is -0.580. The quantitative estimate of drug-likeness (QED) is 0.580. The first kappa shape index (κ1) is 17.0. The molecule has 7 heteroatoms. The molecule has 0 saturated carbocycles. The second kappa shape index (κ2) is 7.40. The lowest BCUT2D eigenvalue weighted by Crippen LogP contribution is -2.13. The van der Waals surface area contributed by atoms with Crippen molar-refractivity contribution in [3.8, 4) is 17.3 Å². The second-order valence-corrected chi connectivity index (χ2v) is 5.47. The fraction of sp³-hybridized carbons (Fsp3) is 0.0526. The van der Waals surface area contributed by atoms with Crippen LogP contribution < -0.4 is 5.32 Å². The Morgan fingerprint density at radius 3 is 2.58 bits per heavy atom. The van der Waals surface area contributed by atoms with Crippen LogP contribution in [0.4, 0.5) is 10.1 Å². The number of carbonyl (C=O) groups excluding carboxylic acids is 1. The van der Waals surface area contributed by atoms with Gasteiger partial charge in [-0.2, -0.15) is 10.4 Å². The summed E-state index contributed by atoms with van der Waals surface area (Å²) < 4.78 is 14.6. The topological polar surface area (TPSA) is 83.6 Å². The Labute approximate surface area is 149 Å². The van der Waals surface area contributed by atoms with Crippen LogP contribution in [-0.2, 0) is 11.8 Å². The number of aryl methyl sites for hydroxylation is 1. The molecule has 0 saturated heterocycles. The molecule has 3 rings (SSSR count). The molecule has 2 heterocycles. The number of nitrogens with one attached hydrogen (secondary N) is 1. The first-order valence-corrected chi connectivity index (χ1v) is 7.69. The average Bonchev–Trinajstić information content (AvgIpc) is 3.02. The van der Waals surface area contributed by atoms with Gasteiger partial charge in [0, 0.05) is 42.5 Å². The number of nitrogens with zero attached hydrogens (tertiary/aromatic N) is 4. The summed E-state index contributed by atoms with van der Waals surface area (Å²) in [6, 6.07) is 10.8. The van der Waals surface area contributed by atoms with E-state index in [1.807, 2.05) is 6.07 Å². The standard InChI is InChI=1S/C19H14FN5O/c1-25-12-15(18(24-25)13-6-8-22-9-7-13)10-14(11-21)19(26)23-17-4-2-16(20)3-5-17/h2-10,12H,1H3,(H,23,26). The zero-order valence-electron chi connectivity index (χ0n) is 13.8. The Bertz CT molecular complexity index is 1000. The summed E-state index contributed by atoms with van der Waals surface area (Å²) in [6.45, 7) is 0. The Morgan fingerprint density at radius 2 is 1.92 bits per heavy atom. The third-order valence-electron chi connectivity index (χ3n) is 3.58. The second-order valence-electron chi connectivity index (χ2n) is 5.47. The molecule has 0 radical (unpaired) electrons. The van der Waals surface area contributed by atoms with Gasteiger partial charge >= 0.3 is 0 Å². The molecule has 0 aliphatic carbocycles. The minimum absolute atomic E-state index is 0.0855. The van der Waals surface area contributed by atoms with E-state index >= 15 is 0 Å². The fourth-order valence-electron chi connectivity index (χ4n) is 2.38. The number of rotatable bonds is 4. The normalized spacial score (nSPS) is 11.0. The molecule has 0 atom stereocenters. The number of halogens is 1. The Hall–Kier alpha value is -3.79. The number of hydrogen-bond donors (Lipinski definition) is 1. The highest BCUT2D eigenvalue weighted by Gasteiger charge is 2.14. The van der Waals surface area contributed by atoms with Gasteiger partial charge < -0.3 is 5.32 Å². The molecule has 0 aliphatic heterocycles. The predicted octanol–water partition coefficient (Wildman–Crippen LogP) is 3.17. The number of carbonyl (C=O) groups is 1. The smallest absolute Gasteiger partial charge is 0.266 e. The lowest BCUT2D eigenvalue weighted by Gasteiger charge is -2.04. The van der Waals surface area contributed by atoms with Crippen molar-refractivity contribution in [1.82, 2.24) is 14.8 Å². The summed E-state index contributed by atoms with van der Waals surface area (Å²) in [5.74, 6) is -0.986. The molecular weight excluding hydrogens is 333 g/mol. The van der Waals surface area contributed by atoms with Crippen LogP contribution in [0.25, 0.3) is 17.3 Å². The average molecular weight is 347 g/mol. The molecule has 0 unspecified atom stereocenters. The molecule has 1 aromatic carbocycles. The van der Waals surface area contributed by atoms with E-state index in [9.17, 15) is 14.4 Å². The van der Waals surface area contributed by atoms with E-state index in [4.69, 9.17) is 0 Å². The Kier molecular flexibility index (Phi) is 4.85.